The molecule has 0 atom stereocenters. The lowest BCUT2D eigenvalue weighted by molar-refractivity contribution is -0.140. The normalized spacial score (nSPS) is 10.9. The van der Waals surface area contributed by atoms with E-state index in [9.17, 15) is 18.0 Å². The Morgan fingerprint density at radius 1 is 1.20 bits per heavy atom. The van der Waals surface area contributed by atoms with Crippen LogP contribution >= 0.6 is 0 Å². The molecule has 7 nitrogen and oxygen atoms in total. The Balaban J connectivity index is 2.68. The first-order chi connectivity index (χ1) is 9.38. The topological polar surface area (TPSA) is 99.6 Å². The number of hydrogen-bond acceptors (Lipinski definition) is 7. The van der Waals surface area contributed by atoms with Crippen molar-refractivity contribution in [1.82, 2.24) is 4.98 Å². The number of hydrogen-bond donors (Lipinski definition) is 0. The molecule has 0 aliphatic heterocycles. The van der Waals surface area contributed by atoms with E-state index >= 15 is 0 Å². The van der Waals surface area contributed by atoms with Crippen molar-refractivity contribution in [2.75, 3.05) is 20.0 Å². The van der Waals surface area contributed by atoms with E-state index in [1.807, 2.05) is 0 Å². The SMILES string of the molecule is COC(=O)CCS(=O)(=O)Cc1ccc(C(=O)OC)cn1. The van der Waals surface area contributed by atoms with Gasteiger partial charge in [-0.1, -0.05) is 0 Å². The monoisotopic (exact) mass is 301 g/mol. The third kappa shape index (κ3) is 4.96. The largest absolute Gasteiger partial charge is 0.469 e. The first kappa shape index (κ1) is 16.1. The van der Waals surface area contributed by atoms with Gasteiger partial charge in [-0.2, -0.15) is 0 Å². The molecular weight excluding hydrogens is 286 g/mol. The maximum absolute atomic E-state index is 11.8. The van der Waals surface area contributed by atoms with Crippen LogP contribution in [0.25, 0.3) is 0 Å². The Morgan fingerprint density at radius 2 is 1.90 bits per heavy atom. The number of nitrogens with zero attached hydrogens (tertiary/aromatic N) is 1. The van der Waals surface area contributed by atoms with E-state index in [0.29, 0.717) is 5.69 Å². The van der Waals surface area contributed by atoms with Crippen molar-refractivity contribution in [1.29, 1.82) is 0 Å². The summed E-state index contributed by atoms with van der Waals surface area (Å²) < 4.78 is 32.4. The fourth-order valence-electron chi connectivity index (χ4n) is 1.39. The van der Waals surface area contributed by atoms with Crippen molar-refractivity contribution in [3.63, 3.8) is 0 Å². The molecular formula is C12H15NO6S. The van der Waals surface area contributed by atoms with Crippen molar-refractivity contribution in [2.24, 2.45) is 0 Å². The van der Waals surface area contributed by atoms with Gasteiger partial charge in [-0.25, -0.2) is 13.2 Å². The second-order valence-corrected chi connectivity index (χ2v) is 6.13. The lowest BCUT2D eigenvalue weighted by atomic mass is 10.2. The molecule has 0 aliphatic carbocycles. The number of sulfone groups is 1. The molecule has 0 saturated heterocycles. The van der Waals surface area contributed by atoms with Gasteiger partial charge in [0.05, 0.1) is 43.4 Å². The highest BCUT2D eigenvalue weighted by molar-refractivity contribution is 7.90. The van der Waals surface area contributed by atoms with Crippen molar-refractivity contribution in [3.05, 3.63) is 29.6 Å². The van der Waals surface area contributed by atoms with E-state index in [1.54, 1.807) is 0 Å². The molecule has 1 rings (SSSR count). The first-order valence-electron chi connectivity index (χ1n) is 5.68. The number of rotatable bonds is 6. The summed E-state index contributed by atoms with van der Waals surface area (Å²) in [5, 5.41) is 0. The molecule has 0 radical (unpaired) electrons. The number of aromatic nitrogens is 1. The van der Waals surface area contributed by atoms with Gasteiger partial charge in [0, 0.05) is 6.20 Å². The van der Waals surface area contributed by atoms with Crippen LogP contribution in [0, 0.1) is 0 Å². The quantitative estimate of drug-likeness (QED) is 0.699. The fraction of sp³-hybridized carbons (Fsp3) is 0.417. The van der Waals surface area contributed by atoms with E-state index < -0.39 is 21.8 Å². The molecule has 0 spiro atoms. The summed E-state index contributed by atoms with van der Waals surface area (Å²) in [4.78, 5) is 26.0. The predicted octanol–water partition coefficient (Wildman–Crippen LogP) is 0.346. The highest BCUT2D eigenvalue weighted by Gasteiger charge is 2.16. The predicted molar refractivity (Wildman–Crippen MR) is 69.7 cm³/mol. The minimum absolute atomic E-state index is 0.195. The van der Waals surface area contributed by atoms with Gasteiger partial charge in [0.1, 0.15) is 0 Å². The molecule has 1 heterocycles. The summed E-state index contributed by atoms with van der Waals surface area (Å²) >= 11 is 0. The first-order valence-corrected chi connectivity index (χ1v) is 7.50. The van der Waals surface area contributed by atoms with Crippen LogP contribution in [0.5, 0.6) is 0 Å². The molecule has 0 aliphatic rings. The molecule has 0 amide bonds. The summed E-state index contributed by atoms with van der Waals surface area (Å²) in [6, 6.07) is 2.87. The van der Waals surface area contributed by atoms with E-state index in [2.05, 4.69) is 14.5 Å². The van der Waals surface area contributed by atoms with E-state index in [-0.39, 0.29) is 23.5 Å². The van der Waals surface area contributed by atoms with Gasteiger partial charge in [-0.15, -0.1) is 0 Å². The zero-order chi connectivity index (χ0) is 15.2. The van der Waals surface area contributed by atoms with Crippen LogP contribution in [0.1, 0.15) is 22.5 Å². The van der Waals surface area contributed by atoms with Crippen molar-refractivity contribution in [3.8, 4) is 0 Å². The van der Waals surface area contributed by atoms with Gasteiger partial charge < -0.3 is 9.47 Å². The van der Waals surface area contributed by atoms with Gasteiger partial charge in [-0.3, -0.25) is 9.78 Å². The van der Waals surface area contributed by atoms with Gasteiger partial charge in [-0.05, 0) is 12.1 Å². The third-order valence-corrected chi connectivity index (χ3v) is 4.02. The number of pyridine rings is 1. The summed E-state index contributed by atoms with van der Waals surface area (Å²) in [5.41, 5.74) is 0.533. The van der Waals surface area contributed by atoms with Crippen LogP contribution in [0.15, 0.2) is 18.3 Å². The minimum atomic E-state index is -3.46. The standard InChI is InChI=1S/C12H15NO6S/c1-18-11(14)5-6-20(16,17)8-10-4-3-9(7-13-10)12(15)19-2/h3-4,7H,5-6,8H2,1-2H3. The lowest BCUT2D eigenvalue weighted by Gasteiger charge is -2.04. The smallest absolute Gasteiger partial charge is 0.339 e. The van der Waals surface area contributed by atoms with Gasteiger partial charge in [0.2, 0.25) is 0 Å². The number of ether oxygens (including phenoxy) is 2. The van der Waals surface area contributed by atoms with Crippen LogP contribution in [0.4, 0.5) is 0 Å². The van der Waals surface area contributed by atoms with Gasteiger partial charge in [0.15, 0.2) is 9.84 Å². The average molecular weight is 301 g/mol. The molecule has 1 aromatic rings. The molecule has 1 aromatic heterocycles. The summed E-state index contributed by atoms with van der Waals surface area (Å²) in [6.07, 6.45) is 1.05. The Morgan fingerprint density at radius 3 is 2.40 bits per heavy atom. The second kappa shape index (κ2) is 6.99. The average Bonchev–Trinajstić information content (AvgIpc) is 2.44. The van der Waals surface area contributed by atoms with E-state index in [1.165, 1.54) is 32.5 Å². The zero-order valence-electron chi connectivity index (χ0n) is 11.2. The number of carbonyl (C=O) groups excluding carboxylic acids is 2. The number of methoxy groups -OCH3 is 2. The Labute approximate surface area is 116 Å². The maximum atomic E-state index is 11.8. The van der Waals surface area contributed by atoms with Crippen LogP contribution in [0.3, 0.4) is 0 Å². The molecule has 0 unspecified atom stereocenters. The van der Waals surface area contributed by atoms with E-state index in [0.717, 1.165) is 0 Å². The van der Waals surface area contributed by atoms with Crippen molar-refractivity contribution >= 4 is 21.8 Å². The molecule has 0 aromatic carbocycles. The van der Waals surface area contributed by atoms with Gasteiger partial charge >= 0.3 is 11.9 Å². The Kier molecular flexibility index (Phi) is 5.63. The second-order valence-electron chi connectivity index (χ2n) is 3.95. The lowest BCUT2D eigenvalue weighted by Crippen LogP contribution is -2.14. The van der Waals surface area contributed by atoms with Crippen LogP contribution in [0.2, 0.25) is 0 Å². The molecule has 110 valence electrons. The minimum Gasteiger partial charge on any atom is -0.469 e. The molecule has 0 N–H and O–H groups in total. The summed E-state index contributed by atoms with van der Waals surface area (Å²) in [6.45, 7) is 0. The molecule has 8 heteroatoms. The van der Waals surface area contributed by atoms with Crippen molar-refractivity contribution < 1.29 is 27.5 Å². The molecule has 0 fully saturated rings. The Bertz CT molecular complexity index is 578. The maximum Gasteiger partial charge on any atom is 0.339 e. The number of esters is 2. The van der Waals surface area contributed by atoms with Crippen LogP contribution in [-0.2, 0) is 29.9 Å². The molecule has 0 saturated carbocycles. The van der Waals surface area contributed by atoms with Crippen LogP contribution < -0.4 is 0 Å². The highest BCUT2D eigenvalue weighted by Crippen LogP contribution is 2.08. The molecule has 20 heavy (non-hydrogen) atoms. The molecule has 0 bridgehead atoms. The number of carbonyl (C=O) groups is 2. The Hall–Kier alpha value is -1.96. The highest BCUT2D eigenvalue weighted by atomic mass is 32.2. The fourth-order valence-corrected chi connectivity index (χ4v) is 2.63. The summed E-state index contributed by atoms with van der Waals surface area (Å²) in [7, 11) is -1.02. The third-order valence-electron chi connectivity index (χ3n) is 2.46. The van der Waals surface area contributed by atoms with Crippen molar-refractivity contribution in [2.45, 2.75) is 12.2 Å². The zero-order valence-corrected chi connectivity index (χ0v) is 12.0. The summed E-state index contributed by atoms with van der Waals surface area (Å²) in [5.74, 6) is -1.73. The van der Waals surface area contributed by atoms with Gasteiger partial charge in [0.25, 0.3) is 0 Å². The van der Waals surface area contributed by atoms with E-state index in [4.69, 9.17) is 0 Å². The van der Waals surface area contributed by atoms with Crippen LogP contribution in [-0.4, -0.2) is 45.3 Å².